The van der Waals surface area contributed by atoms with Crippen molar-refractivity contribution in [3.05, 3.63) is 0 Å². The Balaban J connectivity index is 2.29. The highest BCUT2D eigenvalue weighted by Crippen LogP contribution is 2.28. The topological polar surface area (TPSA) is 49.4 Å². The first-order valence-corrected chi connectivity index (χ1v) is 7.21. The Labute approximate surface area is 110 Å². The summed E-state index contributed by atoms with van der Waals surface area (Å²) in [6, 6.07) is 0. The van der Waals surface area contributed by atoms with Gasteiger partial charge >= 0.3 is 0 Å². The average molecular weight is 254 g/mol. The monoisotopic (exact) mass is 254 g/mol. The maximum atomic E-state index is 12.0. The SMILES string of the molecule is CCNC(=O)CN(CC)C(=O)CCC1CCCC1. The summed E-state index contributed by atoms with van der Waals surface area (Å²) in [6.07, 6.45) is 6.76. The van der Waals surface area contributed by atoms with Crippen LogP contribution in [0.4, 0.5) is 0 Å². The Morgan fingerprint density at radius 1 is 1.22 bits per heavy atom. The summed E-state index contributed by atoms with van der Waals surface area (Å²) in [7, 11) is 0. The molecule has 1 aliphatic carbocycles. The van der Waals surface area contributed by atoms with Gasteiger partial charge in [-0.15, -0.1) is 0 Å². The number of carbonyl (C=O) groups is 2. The molecule has 4 heteroatoms. The highest BCUT2D eigenvalue weighted by Gasteiger charge is 2.19. The van der Waals surface area contributed by atoms with Gasteiger partial charge in [0.2, 0.25) is 11.8 Å². The van der Waals surface area contributed by atoms with E-state index in [0.717, 1.165) is 12.3 Å². The van der Waals surface area contributed by atoms with Crippen molar-refractivity contribution in [1.29, 1.82) is 0 Å². The summed E-state index contributed by atoms with van der Waals surface area (Å²) >= 11 is 0. The number of amides is 2. The van der Waals surface area contributed by atoms with E-state index in [1.807, 2.05) is 13.8 Å². The lowest BCUT2D eigenvalue weighted by molar-refractivity contribution is -0.136. The van der Waals surface area contributed by atoms with Crippen LogP contribution in [0.25, 0.3) is 0 Å². The van der Waals surface area contributed by atoms with Gasteiger partial charge in [-0.05, 0) is 26.2 Å². The third-order valence-corrected chi connectivity index (χ3v) is 3.68. The zero-order valence-electron chi connectivity index (χ0n) is 11.7. The van der Waals surface area contributed by atoms with Gasteiger partial charge in [0.05, 0.1) is 6.54 Å². The highest BCUT2D eigenvalue weighted by molar-refractivity contribution is 5.84. The molecule has 1 rings (SSSR count). The third-order valence-electron chi connectivity index (χ3n) is 3.68. The van der Waals surface area contributed by atoms with E-state index in [4.69, 9.17) is 0 Å². The van der Waals surface area contributed by atoms with E-state index in [2.05, 4.69) is 5.32 Å². The Kier molecular flexibility index (Phi) is 6.76. The minimum Gasteiger partial charge on any atom is -0.355 e. The Hall–Kier alpha value is -1.06. The molecule has 0 saturated heterocycles. The van der Waals surface area contributed by atoms with Gasteiger partial charge in [-0.3, -0.25) is 9.59 Å². The van der Waals surface area contributed by atoms with Crippen molar-refractivity contribution in [2.75, 3.05) is 19.6 Å². The van der Waals surface area contributed by atoms with Crippen LogP contribution in [0.3, 0.4) is 0 Å². The molecule has 0 atom stereocenters. The van der Waals surface area contributed by atoms with Crippen LogP contribution >= 0.6 is 0 Å². The van der Waals surface area contributed by atoms with Gasteiger partial charge in [0.25, 0.3) is 0 Å². The molecule has 0 aromatic heterocycles. The molecular formula is C14H26N2O2. The number of rotatable bonds is 7. The molecule has 2 amide bonds. The molecule has 0 aliphatic heterocycles. The zero-order chi connectivity index (χ0) is 13.4. The molecule has 0 unspecified atom stereocenters. The molecule has 4 nitrogen and oxygen atoms in total. The van der Waals surface area contributed by atoms with Crippen molar-refractivity contribution >= 4 is 11.8 Å². The van der Waals surface area contributed by atoms with Gasteiger partial charge in [-0.2, -0.15) is 0 Å². The molecule has 0 spiro atoms. The van der Waals surface area contributed by atoms with Crippen LogP contribution in [-0.2, 0) is 9.59 Å². The summed E-state index contributed by atoms with van der Waals surface area (Å²) < 4.78 is 0. The van der Waals surface area contributed by atoms with Crippen molar-refractivity contribution < 1.29 is 9.59 Å². The number of hydrogen-bond acceptors (Lipinski definition) is 2. The maximum absolute atomic E-state index is 12.0. The number of nitrogens with zero attached hydrogens (tertiary/aromatic N) is 1. The Morgan fingerprint density at radius 2 is 1.89 bits per heavy atom. The second-order valence-corrected chi connectivity index (χ2v) is 5.05. The standard InChI is InChI=1S/C14H26N2O2/c1-3-15-13(17)11-16(4-2)14(18)10-9-12-7-5-6-8-12/h12H,3-11H2,1-2H3,(H,15,17). The lowest BCUT2D eigenvalue weighted by Crippen LogP contribution is -2.40. The Bertz CT molecular complexity index is 273. The van der Waals surface area contributed by atoms with Crippen molar-refractivity contribution in [1.82, 2.24) is 10.2 Å². The minimum atomic E-state index is -0.0615. The number of carbonyl (C=O) groups excluding carboxylic acids is 2. The molecule has 18 heavy (non-hydrogen) atoms. The van der Waals surface area contributed by atoms with Gasteiger partial charge in [0.15, 0.2) is 0 Å². The molecule has 0 aromatic carbocycles. The van der Waals surface area contributed by atoms with E-state index in [9.17, 15) is 9.59 Å². The highest BCUT2D eigenvalue weighted by atomic mass is 16.2. The molecule has 1 N–H and O–H groups in total. The quantitative estimate of drug-likeness (QED) is 0.755. The summed E-state index contributed by atoms with van der Waals surface area (Å²) in [4.78, 5) is 25.1. The first kappa shape index (κ1) is 15.0. The van der Waals surface area contributed by atoms with E-state index in [0.29, 0.717) is 19.5 Å². The summed E-state index contributed by atoms with van der Waals surface area (Å²) in [5, 5.41) is 2.73. The largest absolute Gasteiger partial charge is 0.355 e. The predicted molar refractivity (Wildman–Crippen MR) is 72.1 cm³/mol. The van der Waals surface area contributed by atoms with Gasteiger partial charge in [0, 0.05) is 19.5 Å². The fourth-order valence-electron chi connectivity index (χ4n) is 2.59. The number of hydrogen-bond donors (Lipinski definition) is 1. The normalized spacial score (nSPS) is 15.7. The fourth-order valence-corrected chi connectivity index (χ4v) is 2.59. The summed E-state index contributed by atoms with van der Waals surface area (Å²) in [5.74, 6) is 0.793. The van der Waals surface area contributed by atoms with Gasteiger partial charge in [-0.25, -0.2) is 0 Å². The first-order chi connectivity index (χ1) is 8.67. The van der Waals surface area contributed by atoms with Crippen LogP contribution in [0.1, 0.15) is 52.4 Å². The summed E-state index contributed by atoms with van der Waals surface area (Å²) in [5.41, 5.74) is 0. The molecule has 104 valence electrons. The second-order valence-electron chi connectivity index (χ2n) is 5.05. The zero-order valence-corrected chi connectivity index (χ0v) is 11.7. The minimum absolute atomic E-state index is 0.0615. The van der Waals surface area contributed by atoms with Crippen LogP contribution in [0.5, 0.6) is 0 Å². The first-order valence-electron chi connectivity index (χ1n) is 7.21. The molecule has 1 saturated carbocycles. The van der Waals surface area contributed by atoms with Crippen molar-refractivity contribution in [3.63, 3.8) is 0 Å². The Morgan fingerprint density at radius 3 is 2.44 bits per heavy atom. The van der Waals surface area contributed by atoms with Crippen LogP contribution in [0.15, 0.2) is 0 Å². The number of likely N-dealkylation sites (N-methyl/N-ethyl adjacent to an activating group) is 2. The van der Waals surface area contributed by atoms with Crippen molar-refractivity contribution in [2.45, 2.75) is 52.4 Å². The van der Waals surface area contributed by atoms with Crippen LogP contribution in [0, 0.1) is 5.92 Å². The van der Waals surface area contributed by atoms with Crippen LogP contribution in [-0.4, -0.2) is 36.3 Å². The fraction of sp³-hybridized carbons (Fsp3) is 0.857. The van der Waals surface area contributed by atoms with Crippen LogP contribution < -0.4 is 5.32 Å². The van der Waals surface area contributed by atoms with E-state index in [1.165, 1.54) is 25.7 Å². The van der Waals surface area contributed by atoms with Crippen molar-refractivity contribution in [2.24, 2.45) is 5.92 Å². The number of nitrogens with one attached hydrogen (secondary N) is 1. The van der Waals surface area contributed by atoms with Crippen molar-refractivity contribution in [3.8, 4) is 0 Å². The predicted octanol–water partition coefficient (Wildman–Crippen LogP) is 1.94. The molecule has 0 aromatic rings. The lowest BCUT2D eigenvalue weighted by Gasteiger charge is -2.21. The smallest absolute Gasteiger partial charge is 0.239 e. The summed E-state index contributed by atoms with van der Waals surface area (Å²) in [6.45, 7) is 5.24. The third kappa shape index (κ3) is 5.07. The van der Waals surface area contributed by atoms with Gasteiger partial charge in [0.1, 0.15) is 0 Å². The van der Waals surface area contributed by atoms with E-state index < -0.39 is 0 Å². The molecule has 0 bridgehead atoms. The second kappa shape index (κ2) is 8.11. The molecule has 0 radical (unpaired) electrons. The molecule has 0 heterocycles. The lowest BCUT2D eigenvalue weighted by atomic mass is 10.0. The average Bonchev–Trinajstić information content (AvgIpc) is 2.86. The van der Waals surface area contributed by atoms with E-state index in [-0.39, 0.29) is 18.4 Å². The van der Waals surface area contributed by atoms with Gasteiger partial charge in [-0.1, -0.05) is 25.7 Å². The van der Waals surface area contributed by atoms with E-state index in [1.54, 1.807) is 4.90 Å². The maximum Gasteiger partial charge on any atom is 0.239 e. The van der Waals surface area contributed by atoms with Crippen LogP contribution in [0.2, 0.25) is 0 Å². The molecule has 1 aliphatic rings. The molecular weight excluding hydrogens is 228 g/mol. The van der Waals surface area contributed by atoms with Gasteiger partial charge < -0.3 is 10.2 Å². The molecule has 1 fully saturated rings. The van der Waals surface area contributed by atoms with E-state index >= 15 is 0 Å².